The van der Waals surface area contributed by atoms with E-state index in [1.807, 2.05) is 24.3 Å². The van der Waals surface area contributed by atoms with Gasteiger partial charge in [-0.15, -0.1) is 0 Å². The molecule has 6 nitrogen and oxygen atoms in total. The van der Waals surface area contributed by atoms with E-state index in [1.165, 1.54) is 5.56 Å². The molecule has 1 aliphatic carbocycles. The topological polar surface area (TPSA) is 67.3 Å². The molecule has 2 heterocycles. The minimum absolute atomic E-state index is 0.152. The number of ether oxygens (including phenoxy) is 1. The second kappa shape index (κ2) is 8.27. The molecule has 1 aromatic carbocycles. The molecule has 0 unspecified atom stereocenters. The van der Waals surface area contributed by atoms with Crippen LogP contribution in [0.15, 0.2) is 48.9 Å². The Bertz CT molecular complexity index is 780. The number of carbonyl (C=O) groups excluding carboxylic acids is 1. The van der Waals surface area contributed by atoms with E-state index in [0.29, 0.717) is 6.54 Å². The first-order valence-corrected chi connectivity index (χ1v) is 10.1. The highest BCUT2D eigenvalue weighted by Crippen LogP contribution is 2.44. The Hall–Kier alpha value is -2.47. The van der Waals surface area contributed by atoms with Crippen molar-refractivity contribution in [2.75, 3.05) is 25.1 Å². The van der Waals surface area contributed by atoms with Crippen molar-refractivity contribution in [3.63, 3.8) is 0 Å². The minimum atomic E-state index is -0.250. The van der Waals surface area contributed by atoms with Crippen LogP contribution >= 0.6 is 0 Å². The molecule has 1 N–H and O–H groups in total. The summed E-state index contributed by atoms with van der Waals surface area (Å²) >= 11 is 0. The summed E-state index contributed by atoms with van der Waals surface area (Å²) in [5.41, 5.74) is 0.987. The van der Waals surface area contributed by atoms with Gasteiger partial charge in [0.25, 0.3) is 0 Å². The van der Waals surface area contributed by atoms with Crippen LogP contribution in [0.2, 0.25) is 0 Å². The van der Waals surface area contributed by atoms with Crippen LogP contribution in [0, 0.1) is 5.41 Å². The maximum absolute atomic E-state index is 13.1. The number of nitrogens with zero attached hydrogens (tertiary/aromatic N) is 3. The number of amides is 1. The second-order valence-electron chi connectivity index (χ2n) is 7.97. The molecule has 2 atom stereocenters. The van der Waals surface area contributed by atoms with Crippen LogP contribution in [0.25, 0.3) is 0 Å². The lowest BCUT2D eigenvalue weighted by Gasteiger charge is -2.41. The number of aromatic nitrogens is 2. The smallest absolute Gasteiger partial charge is 0.226 e. The highest BCUT2D eigenvalue weighted by molar-refractivity contribution is 5.84. The molecule has 2 fully saturated rings. The molecule has 0 spiro atoms. The summed E-state index contributed by atoms with van der Waals surface area (Å²) < 4.78 is 5.58. The average Bonchev–Trinajstić information content (AvgIpc) is 3.14. The second-order valence-corrected chi connectivity index (χ2v) is 7.97. The summed E-state index contributed by atoms with van der Waals surface area (Å²) in [5, 5.41) is 3.25. The monoisotopic (exact) mass is 380 g/mol. The quantitative estimate of drug-likeness (QED) is 0.800. The number of hydrogen-bond acceptors (Lipinski definition) is 5. The highest BCUT2D eigenvalue weighted by Gasteiger charge is 2.44. The van der Waals surface area contributed by atoms with Gasteiger partial charge in [0, 0.05) is 26.4 Å². The van der Waals surface area contributed by atoms with Gasteiger partial charge in [0.2, 0.25) is 5.91 Å². The standard InChI is InChI=1S/C22H28N4O2/c1-28-19-12-18(26(15-19)20-8-11-23-16-25-20)14-24-21(27)22(9-5-10-22)13-17-6-3-2-4-7-17/h2-4,6-8,11,16,18-19H,5,9-10,12-15H2,1H3,(H,24,27)/t18-,19-/m0/s1. The predicted octanol–water partition coefficient (Wildman–Crippen LogP) is 2.60. The average molecular weight is 380 g/mol. The van der Waals surface area contributed by atoms with Crippen LogP contribution in [0.1, 0.15) is 31.2 Å². The molecule has 2 aromatic rings. The molecule has 6 heteroatoms. The largest absolute Gasteiger partial charge is 0.380 e. The lowest BCUT2D eigenvalue weighted by Crippen LogP contribution is -2.50. The summed E-state index contributed by atoms with van der Waals surface area (Å²) in [6.07, 6.45) is 8.23. The molecule has 28 heavy (non-hydrogen) atoms. The third-order valence-electron chi connectivity index (χ3n) is 6.25. The molecule has 1 aromatic heterocycles. The van der Waals surface area contributed by atoms with Crippen molar-refractivity contribution < 1.29 is 9.53 Å². The number of hydrogen-bond donors (Lipinski definition) is 1. The molecular weight excluding hydrogens is 352 g/mol. The van der Waals surface area contributed by atoms with Crippen molar-refractivity contribution in [3.8, 4) is 0 Å². The summed E-state index contributed by atoms with van der Waals surface area (Å²) in [4.78, 5) is 23.7. The predicted molar refractivity (Wildman–Crippen MR) is 108 cm³/mol. The first-order chi connectivity index (χ1) is 13.7. The fourth-order valence-electron chi connectivity index (χ4n) is 4.44. The fourth-order valence-corrected chi connectivity index (χ4v) is 4.44. The number of anilines is 1. The molecule has 2 aliphatic rings. The van der Waals surface area contributed by atoms with Crippen molar-refractivity contribution in [2.45, 2.75) is 44.2 Å². The van der Waals surface area contributed by atoms with Crippen LogP contribution in [0.4, 0.5) is 5.82 Å². The molecule has 1 amide bonds. The molecule has 0 radical (unpaired) electrons. The molecule has 1 aliphatic heterocycles. The SMILES string of the molecule is CO[C@H]1C[C@@H](CNC(=O)C2(Cc3ccccc3)CCC2)N(c2ccncn2)C1. The van der Waals surface area contributed by atoms with E-state index in [-0.39, 0.29) is 23.5 Å². The number of benzene rings is 1. The zero-order valence-electron chi connectivity index (χ0n) is 16.4. The van der Waals surface area contributed by atoms with Gasteiger partial charge in [-0.05, 0) is 37.3 Å². The number of rotatable bonds is 7. The zero-order chi connectivity index (χ0) is 19.4. The summed E-state index contributed by atoms with van der Waals surface area (Å²) in [6, 6.07) is 12.4. The van der Waals surface area contributed by atoms with E-state index in [1.54, 1.807) is 19.6 Å². The van der Waals surface area contributed by atoms with Crippen LogP contribution in [0.5, 0.6) is 0 Å². The number of methoxy groups -OCH3 is 1. The fraction of sp³-hybridized carbons (Fsp3) is 0.500. The maximum atomic E-state index is 13.1. The van der Waals surface area contributed by atoms with Crippen molar-refractivity contribution in [1.82, 2.24) is 15.3 Å². The van der Waals surface area contributed by atoms with Crippen LogP contribution < -0.4 is 10.2 Å². The van der Waals surface area contributed by atoms with Gasteiger partial charge in [0.1, 0.15) is 12.1 Å². The third-order valence-corrected chi connectivity index (χ3v) is 6.25. The first-order valence-electron chi connectivity index (χ1n) is 10.1. The zero-order valence-corrected chi connectivity index (χ0v) is 16.4. The number of nitrogens with one attached hydrogen (secondary N) is 1. The summed E-state index contributed by atoms with van der Waals surface area (Å²) in [5.74, 6) is 1.07. The van der Waals surface area contributed by atoms with Gasteiger partial charge in [-0.2, -0.15) is 0 Å². The summed E-state index contributed by atoms with van der Waals surface area (Å²) in [6.45, 7) is 1.39. The lowest BCUT2D eigenvalue weighted by molar-refractivity contribution is -0.136. The van der Waals surface area contributed by atoms with Gasteiger partial charge in [0.05, 0.1) is 17.6 Å². The van der Waals surface area contributed by atoms with Gasteiger partial charge in [-0.25, -0.2) is 9.97 Å². The van der Waals surface area contributed by atoms with Crippen molar-refractivity contribution in [3.05, 3.63) is 54.5 Å². The molecule has 4 rings (SSSR count). The molecule has 0 bridgehead atoms. The summed E-state index contributed by atoms with van der Waals surface area (Å²) in [7, 11) is 1.74. The third kappa shape index (κ3) is 3.87. The van der Waals surface area contributed by atoms with E-state index in [9.17, 15) is 4.79 Å². The van der Waals surface area contributed by atoms with Crippen LogP contribution in [0.3, 0.4) is 0 Å². The van der Waals surface area contributed by atoms with E-state index >= 15 is 0 Å². The van der Waals surface area contributed by atoms with Crippen molar-refractivity contribution >= 4 is 11.7 Å². The molecule has 1 saturated heterocycles. The molecule has 1 saturated carbocycles. The van der Waals surface area contributed by atoms with Gasteiger partial charge in [-0.1, -0.05) is 36.8 Å². The van der Waals surface area contributed by atoms with Gasteiger partial charge in [-0.3, -0.25) is 4.79 Å². The van der Waals surface area contributed by atoms with E-state index in [4.69, 9.17) is 4.74 Å². The van der Waals surface area contributed by atoms with E-state index in [2.05, 4.69) is 32.3 Å². The Morgan fingerprint density at radius 3 is 2.75 bits per heavy atom. The van der Waals surface area contributed by atoms with Crippen molar-refractivity contribution in [2.24, 2.45) is 5.41 Å². The van der Waals surface area contributed by atoms with Crippen LogP contribution in [-0.4, -0.2) is 48.2 Å². The minimum Gasteiger partial charge on any atom is -0.380 e. The Morgan fingerprint density at radius 1 is 1.29 bits per heavy atom. The Kier molecular flexibility index (Phi) is 5.57. The maximum Gasteiger partial charge on any atom is 0.226 e. The van der Waals surface area contributed by atoms with E-state index in [0.717, 1.165) is 44.5 Å². The highest BCUT2D eigenvalue weighted by atomic mass is 16.5. The Labute approximate surface area is 166 Å². The first kappa shape index (κ1) is 18.9. The van der Waals surface area contributed by atoms with Gasteiger partial charge in [0.15, 0.2) is 0 Å². The van der Waals surface area contributed by atoms with Gasteiger partial charge >= 0.3 is 0 Å². The van der Waals surface area contributed by atoms with Gasteiger partial charge < -0.3 is 15.0 Å². The normalized spacial score (nSPS) is 23.2. The Morgan fingerprint density at radius 2 is 2.11 bits per heavy atom. The Balaban J connectivity index is 1.41. The molecular formula is C22H28N4O2. The van der Waals surface area contributed by atoms with Crippen LogP contribution in [-0.2, 0) is 16.0 Å². The number of carbonyl (C=O) groups is 1. The van der Waals surface area contributed by atoms with Crippen molar-refractivity contribution in [1.29, 1.82) is 0 Å². The molecule has 148 valence electrons. The van der Waals surface area contributed by atoms with E-state index < -0.39 is 0 Å². The lowest BCUT2D eigenvalue weighted by atomic mass is 9.64.